The summed E-state index contributed by atoms with van der Waals surface area (Å²) in [4.78, 5) is 37.9. The summed E-state index contributed by atoms with van der Waals surface area (Å²) in [6.45, 7) is 3.84. The third-order valence-electron chi connectivity index (χ3n) is 11.8. The second-order valence-electron chi connectivity index (χ2n) is 19.1. The minimum atomic E-state index is -4.70. The summed E-state index contributed by atoms with van der Waals surface area (Å²) in [7, 11) is 1.02. The van der Waals surface area contributed by atoms with Gasteiger partial charge in [0.25, 0.3) is 7.82 Å². The molecule has 0 radical (unpaired) electrons. The molecule has 0 aromatic heterocycles. The number of phosphoric acid groups is 1. The Labute approximate surface area is 389 Å². The quantitative estimate of drug-likeness (QED) is 0.0174. The number of phosphoric ester groups is 1. The van der Waals surface area contributed by atoms with E-state index < -0.39 is 57.1 Å². The minimum Gasteiger partial charge on any atom is -0.756 e. The molecule has 376 valence electrons. The summed E-state index contributed by atoms with van der Waals surface area (Å²) in [5.41, 5.74) is 0. The molecule has 1 rings (SSSR count). The monoisotopic (exact) mass is 932 g/mol. The third-order valence-corrected chi connectivity index (χ3v) is 12.7. The highest BCUT2D eigenvalue weighted by Gasteiger charge is 2.35. The number of hydrogen-bond acceptors (Lipinski definition) is 12. The fourth-order valence-electron chi connectivity index (χ4n) is 7.70. The summed E-state index contributed by atoms with van der Waals surface area (Å²) in [6.07, 6.45) is 32.5. The number of unbranched alkanes of at least 4 members (excludes halogenated alkanes) is 21. The Kier molecular flexibility index (Phi) is 36.1. The van der Waals surface area contributed by atoms with Gasteiger partial charge in [-0.3, -0.25) is 14.2 Å². The molecule has 0 spiro atoms. The van der Waals surface area contributed by atoms with E-state index in [-0.39, 0.29) is 38.4 Å². The molecule has 2 unspecified atom stereocenters. The number of carbonyl (C=O) groups excluding carboxylic acids is 2. The van der Waals surface area contributed by atoms with E-state index in [2.05, 4.69) is 13.8 Å². The first kappa shape index (κ1) is 60.3. The van der Waals surface area contributed by atoms with Crippen LogP contribution in [0.1, 0.15) is 200 Å². The SMILES string of the molecule is CCCCCCCCCCCCCCCCCCCCCC(=O)O[C@H](COC(=O)CCC/C=C\C[C@H]1[C@@H](O)CC(O)O[C@@H]1/C=C/[C@@H](O)CCCCC)COP(=O)([O-])OCC[N+](C)(C)C. The number of likely N-dealkylation sites (N-methyl/N-ethyl adjacent to an activating group) is 1. The molecule has 64 heavy (non-hydrogen) atoms. The zero-order valence-electron chi connectivity index (χ0n) is 41.0. The lowest BCUT2D eigenvalue weighted by atomic mass is 9.87. The van der Waals surface area contributed by atoms with Gasteiger partial charge >= 0.3 is 11.9 Å². The van der Waals surface area contributed by atoms with Crippen LogP contribution in [0, 0.1) is 5.92 Å². The zero-order valence-corrected chi connectivity index (χ0v) is 41.9. The van der Waals surface area contributed by atoms with Crippen molar-refractivity contribution in [2.24, 2.45) is 5.92 Å². The number of aliphatic hydroxyl groups is 3. The summed E-state index contributed by atoms with van der Waals surface area (Å²) < 4.78 is 39.7. The first-order valence-electron chi connectivity index (χ1n) is 25.4. The highest BCUT2D eigenvalue weighted by Crippen LogP contribution is 2.38. The molecule has 0 amide bonds. The number of ether oxygens (including phenoxy) is 3. The van der Waals surface area contributed by atoms with Gasteiger partial charge in [-0.2, -0.15) is 0 Å². The minimum absolute atomic E-state index is 0.0728. The summed E-state index contributed by atoms with van der Waals surface area (Å²) in [6, 6.07) is 0. The number of esters is 2. The van der Waals surface area contributed by atoms with Gasteiger partial charge in [0.1, 0.15) is 19.8 Å². The number of hydrogen-bond donors (Lipinski definition) is 3. The maximum Gasteiger partial charge on any atom is 0.306 e. The van der Waals surface area contributed by atoms with E-state index >= 15 is 0 Å². The number of nitrogens with zero attached hydrogens (tertiary/aromatic N) is 1. The van der Waals surface area contributed by atoms with E-state index in [9.17, 15) is 34.4 Å². The van der Waals surface area contributed by atoms with Crippen molar-refractivity contribution in [3.8, 4) is 0 Å². The van der Waals surface area contributed by atoms with E-state index in [1.807, 2.05) is 33.3 Å². The Hall–Kier alpha value is -1.67. The molecule has 0 bridgehead atoms. The maximum absolute atomic E-state index is 12.8. The number of rotatable bonds is 42. The Bertz CT molecular complexity index is 1260. The summed E-state index contributed by atoms with van der Waals surface area (Å²) in [5, 5.41) is 31.0. The molecule has 14 heteroatoms. The van der Waals surface area contributed by atoms with Crippen molar-refractivity contribution >= 4 is 19.8 Å². The third kappa shape index (κ3) is 35.5. The largest absolute Gasteiger partial charge is 0.756 e. The second kappa shape index (κ2) is 38.3. The Balaban J connectivity index is 2.44. The van der Waals surface area contributed by atoms with Crippen LogP contribution in [0.25, 0.3) is 0 Å². The average Bonchev–Trinajstić information content (AvgIpc) is 3.23. The molecule has 3 N–H and O–H groups in total. The van der Waals surface area contributed by atoms with Gasteiger partial charge < -0.3 is 48.0 Å². The molecule has 1 aliphatic heterocycles. The topological polar surface area (TPSA) is 181 Å². The molecule has 1 heterocycles. The molecule has 0 aliphatic carbocycles. The van der Waals surface area contributed by atoms with Crippen LogP contribution in [0.2, 0.25) is 0 Å². The van der Waals surface area contributed by atoms with Crippen LogP contribution >= 0.6 is 7.82 Å². The van der Waals surface area contributed by atoms with Gasteiger partial charge in [-0.15, -0.1) is 0 Å². The number of aliphatic hydroxyl groups excluding tert-OH is 3. The molecule has 1 fully saturated rings. The molecule has 13 nitrogen and oxygen atoms in total. The van der Waals surface area contributed by atoms with Crippen LogP contribution in [-0.4, -0.2) is 110 Å². The van der Waals surface area contributed by atoms with Crippen LogP contribution in [0.3, 0.4) is 0 Å². The van der Waals surface area contributed by atoms with Gasteiger partial charge in [-0.25, -0.2) is 0 Å². The van der Waals surface area contributed by atoms with Crippen LogP contribution in [0.4, 0.5) is 0 Å². The molecular weight excluding hydrogens is 838 g/mol. The number of carbonyl (C=O) groups is 2. The lowest BCUT2D eigenvalue weighted by Gasteiger charge is -2.36. The average molecular weight is 932 g/mol. The first-order chi connectivity index (χ1) is 30.7. The summed E-state index contributed by atoms with van der Waals surface area (Å²) >= 11 is 0. The van der Waals surface area contributed by atoms with E-state index in [1.165, 1.54) is 96.3 Å². The van der Waals surface area contributed by atoms with E-state index in [0.717, 1.165) is 38.5 Å². The molecule has 1 saturated heterocycles. The Morgan fingerprint density at radius 2 is 1.27 bits per heavy atom. The van der Waals surface area contributed by atoms with Gasteiger partial charge in [0.05, 0.1) is 46.1 Å². The van der Waals surface area contributed by atoms with Crippen molar-refractivity contribution in [3.63, 3.8) is 0 Å². The van der Waals surface area contributed by atoms with Gasteiger partial charge in [0.2, 0.25) is 0 Å². The van der Waals surface area contributed by atoms with Crippen molar-refractivity contribution in [2.75, 3.05) is 47.5 Å². The zero-order chi connectivity index (χ0) is 47.3. The van der Waals surface area contributed by atoms with Crippen LogP contribution in [0.15, 0.2) is 24.3 Å². The van der Waals surface area contributed by atoms with Crippen molar-refractivity contribution in [2.45, 2.75) is 231 Å². The van der Waals surface area contributed by atoms with Crippen molar-refractivity contribution in [1.82, 2.24) is 0 Å². The van der Waals surface area contributed by atoms with Crippen molar-refractivity contribution in [1.29, 1.82) is 0 Å². The molecular formula is C50H94NO12P. The maximum atomic E-state index is 12.8. The predicted molar refractivity (Wildman–Crippen MR) is 253 cm³/mol. The van der Waals surface area contributed by atoms with Crippen LogP contribution < -0.4 is 4.89 Å². The van der Waals surface area contributed by atoms with Crippen LogP contribution in [0.5, 0.6) is 0 Å². The second-order valence-corrected chi connectivity index (χ2v) is 20.5. The molecule has 7 atom stereocenters. The smallest absolute Gasteiger partial charge is 0.306 e. The Morgan fingerprint density at radius 1 is 0.734 bits per heavy atom. The molecule has 1 aliphatic rings. The van der Waals surface area contributed by atoms with Gasteiger partial charge in [-0.05, 0) is 32.1 Å². The van der Waals surface area contributed by atoms with Crippen molar-refractivity contribution < 1.29 is 62.1 Å². The highest BCUT2D eigenvalue weighted by atomic mass is 31.2. The fourth-order valence-corrected chi connectivity index (χ4v) is 8.42. The number of quaternary nitrogens is 1. The lowest BCUT2D eigenvalue weighted by Crippen LogP contribution is -2.43. The van der Waals surface area contributed by atoms with E-state index in [4.69, 9.17) is 23.3 Å². The first-order valence-corrected chi connectivity index (χ1v) is 26.9. The fraction of sp³-hybridized carbons (Fsp3) is 0.880. The van der Waals surface area contributed by atoms with Crippen molar-refractivity contribution in [3.05, 3.63) is 24.3 Å². The predicted octanol–water partition coefficient (Wildman–Crippen LogP) is 10.2. The van der Waals surface area contributed by atoms with Gasteiger partial charge in [0, 0.05) is 25.2 Å². The highest BCUT2D eigenvalue weighted by molar-refractivity contribution is 7.45. The van der Waals surface area contributed by atoms with E-state index in [1.54, 1.807) is 12.2 Å². The Morgan fingerprint density at radius 3 is 1.83 bits per heavy atom. The van der Waals surface area contributed by atoms with Gasteiger partial charge in [0.15, 0.2) is 12.4 Å². The van der Waals surface area contributed by atoms with E-state index in [0.29, 0.717) is 43.1 Å². The molecule has 0 saturated carbocycles. The normalized spacial score (nSPS) is 20.1. The molecule has 0 aromatic rings. The van der Waals surface area contributed by atoms with Crippen LogP contribution in [-0.2, 0) is 37.4 Å². The number of allylic oxidation sites excluding steroid dienone is 2. The molecule has 0 aromatic carbocycles. The van der Waals surface area contributed by atoms with Gasteiger partial charge in [-0.1, -0.05) is 173 Å². The summed E-state index contributed by atoms with van der Waals surface area (Å²) in [5.74, 6) is -1.33. The lowest BCUT2D eigenvalue weighted by molar-refractivity contribution is -0.870. The standard InChI is InChI=1S/C50H94NO12P/c1-6-8-10-11-12-13-14-15-16-17-18-19-20-21-22-23-24-25-31-35-49(55)62-44(42-61-64(57,58)60-39-38-51(3,4)5)41-59-48(54)34-30-27-26-29-33-45-46(53)40-50(56)63-47(45)37-36-43(52)32-28-9-7-2/h26,29,36-37,43-47,50,52-53,56H,6-25,27-28,30-35,38-42H2,1-5H3/b29-26-,37-36+/t43-,44+,45-,46-,47+,50?/m0/s1.